The molecule has 1 N–H and O–H groups in total. The van der Waals surface area contributed by atoms with Crippen molar-refractivity contribution in [2.45, 2.75) is 13.0 Å². The second kappa shape index (κ2) is 4.70. The van der Waals surface area contributed by atoms with Gasteiger partial charge >= 0.3 is 0 Å². The third-order valence-electron chi connectivity index (χ3n) is 2.53. The lowest BCUT2D eigenvalue weighted by atomic mass is 10.2. The van der Waals surface area contributed by atoms with Gasteiger partial charge in [-0.1, -0.05) is 15.9 Å². The Kier molecular flexibility index (Phi) is 3.29. The molecule has 0 bridgehead atoms. The molecule has 0 amide bonds. The van der Waals surface area contributed by atoms with Crippen LogP contribution in [0.2, 0.25) is 0 Å². The van der Waals surface area contributed by atoms with E-state index in [9.17, 15) is 0 Å². The van der Waals surface area contributed by atoms with E-state index in [4.69, 9.17) is 0 Å². The molecule has 0 radical (unpaired) electrons. The number of nitrogens with one attached hydrogen (secondary N) is 1. The molecule has 0 aliphatic rings. The highest BCUT2D eigenvalue weighted by Gasteiger charge is 2.08. The van der Waals surface area contributed by atoms with Crippen molar-refractivity contribution in [2.24, 2.45) is 7.05 Å². The van der Waals surface area contributed by atoms with E-state index >= 15 is 0 Å². The van der Waals surface area contributed by atoms with E-state index < -0.39 is 0 Å². The summed E-state index contributed by atoms with van der Waals surface area (Å²) in [5.74, 6) is 0. The molecule has 0 saturated heterocycles. The standard InChI is InChI=1S/C12H14BrN3/c1-9(12-7-8-14-16(12)2)15-11-5-3-10(13)4-6-11/h3-9,15H,1-2H3. The highest BCUT2D eigenvalue weighted by molar-refractivity contribution is 9.10. The second-order valence-corrected chi connectivity index (χ2v) is 4.67. The number of rotatable bonds is 3. The lowest BCUT2D eigenvalue weighted by molar-refractivity contribution is 0.676. The van der Waals surface area contributed by atoms with Gasteiger partial charge in [0.2, 0.25) is 0 Å². The van der Waals surface area contributed by atoms with Gasteiger partial charge in [0.1, 0.15) is 0 Å². The fourth-order valence-corrected chi connectivity index (χ4v) is 1.94. The first-order chi connectivity index (χ1) is 7.66. The molecule has 1 heterocycles. The lowest BCUT2D eigenvalue weighted by Gasteiger charge is -2.15. The molecule has 0 aliphatic carbocycles. The molecule has 2 rings (SSSR count). The Morgan fingerprint density at radius 1 is 1.25 bits per heavy atom. The number of aryl methyl sites for hydroxylation is 1. The summed E-state index contributed by atoms with van der Waals surface area (Å²) < 4.78 is 2.97. The molecule has 0 aliphatic heterocycles. The third-order valence-corrected chi connectivity index (χ3v) is 3.06. The summed E-state index contributed by atoms with van der Waals surface area (Å²) in [5.41, 5.74) is 2.28. The van der Waals surface area contributed by atoms with E-state index in [2.05, 4.69) is 45.4 Å². The summed E-state index contributed by atoms with van der Waals surface area (Å²) >= 11 is 3.42. The highest BCUT2D eigenvalue weighted by Crippen LogP contribution is 2.20. The van der Waals surface area contributed by atoms with Crippen LogP contribution in [0.4, 0.5) is 5.69 Å². The number of aromatic nitrogens is 2. The van der Waals surface area contributed by atoms with Gasteiger partial charge in [-0.25, -0.2) is 0 Å². The Balaban J connectivity index is 2.10. The largest absolute Gasteiger partial charge is 0.377 e. The van der Waals surface area contributed by atoms with Crippen molar-refractivity contribution < 1.29 is 0 Å². The molecule has 16 heavy (non-hydrogen) atoms. The smallest absolute Gasteiger partial charge is 0.0653 e. The maximum absolute atomic E-state index is 4.16. The van der Waals surface area contributed by atoms with Crippen LogP contribution < -0.4 is 5.32 Å². The lowest BCUT2D eigenvalue weighted by Crippen LogP contribution is -2.11. The minimum Gasteiger partial charge on any atom is -0.377 e. The van der Waals surface area contributed by atoms with Crippen LogP contribution in [0.15, 0.2) is 41.0 Å². The molecule has 0 saturated carbocycles. The van der Waals surface area contributed by atoms with Crippen LogP contribution >= 0.6 is 15.9 Å². The molecule has 1 aromatic heterocycles. The van der Waals surface area contributed by atoms with E-state index in [0.29, 0.717) is 0 Å². The summed E-state index contributed by atoms with van der Waals surface area (Å²) in [6, 6.07) is 10.4. The van der Waals surface area contributed by atoms with E-state index in [0.717, 1.165) is 10.2 Å². The van der Waals surface area contributed by atoms with Crippen LogP contribution in [0.5, 0.6) is 0 Å². The highest BCUT2D eigenvalue weighted by atomic mass is 79.9. The first-order valence-electron chi connectivity index (χ1n) is 5.17. The molecule has 1 atom stereocenters. The van der Waals surface area contributed by atoms with Gasteiger partial charge in [-0.05, 0) is 37.3 Å². The van der Waals surface area contributed by atoms with Crippen molar-refractivity contribution in [3.05, 3.63) is 46.7 Å². The maximum atomic E-state index is 4.16. The minimum absolute atomic E-state index is 0.244. The molecule has 1 unspecified atom stereocenters. The van der Waals surface area contributed by atoms with Crippen molar-refractivity contribution in [3.63, 3.8) is 0 Å². The summed E-state index contributed by atoms with van der Waals surface area (Å²) in [7, 11) is 1.95. The summed E-state index contributed by atoms with van der Waals surface area (Å²) in [5, 5.41) is 7.59. The molecule has 84 valence electrons. The Morgan fingerprint density at radius 2 is 1.94 bits per heavy atom. The Hall–Kier alpha value is -1.29. The predicted octanol–water partition coefficient (Wildman–Crippen LogP) is 3.36. The fourth-order valence-electron chi connectivity index (χ4n) is 1.68. The van der Waals surface area contributed by atoms with Crippen molar-refractivity contribution in [1.82, 2.24) is 9.78 Å². The van der Waals surface area contributed by atoms with E-state index in [1.807, 2.05) is 36.1 Å². The topological polar surface area (TPSA) is 29.9 Å². The Morgan fingerprint density at radius 3 is 2.50 bits per heavy atom. The monoisotopic (exact) mass is 279 g/mol. The molecule has 0 spiro atoms. The van der Waals surface area contributed by atoms with Crippen LogP contribution in [0, 0.1) is 0 Å². The SMILES string of the molecule is CC(Nc1ccc(Br)cc1)c1ccnn1C. The zero-order valence-electron chi connectivity index (χ0n) is 9.31. The van der Waals surface area contributed by atoms with E-state index in [-0.39, 0.29) is 6.04 Å². The quantitative estimate of drug-likeness (QED) is 0.934. The molecular formula is C12H14BrN3. The van der Waals surface area contributed by atoms with Crippen LogP contribution in [0.3, 0.4) is 0 Å². The zero-order chi connectivity index (χ0) is 11.5. The van der Waals surface area contributed by atoms with E-state index in [1.165, 1.54) is 5.69 Å². The Labute approximate surface area is 104 Å². The van der Waals surface area contributed by atoms with Crippen molar-refractivity contribution in [1.29, 1.82) is 0 Å². The zero-order valence-corrected chi connectivity index (χ0v) is 10.9. The number of nitrogens with zero attached hydrogens (tertiary/aromatic N) is 2. The fraction of sp³-hybridized carbons (Fsp3) is 0.250. The van der Waals surface area contributed by atoms with Gasteiger partial charge in [0, 0.05) is 23.4 Å². The normalized spacial score (nSPS) is 12.4. The van der Waals surface area contributed by atoms with Gasteiger partial charge in [0.25, 0.3) is 0 Å². The minimum atomic E-state index is 0.244. The van der Waals surface area contributed by atoms with E-state index in [1.54, 1.807) is 0 Å². The molecular weight excluding hydrogens is 266 g/mol. The van der Waals surface area contributed by atoms with Gasteiger partial charge in [0.05, 0.1) is 11.7 Å². The van der Waals surface area contributed by atoms with Gasteiger partial charge in [-0.3, -0.25) is 4.68 Å². The first kappa shape index (κ1) is 11.2. The van der Waals surface area contributed by atoms with Gasteiger partial charge in [-0.2, -0.15) is 5.10 Å². The average Bonchev–Trinajstić information content (AvgIpc) is 2.68. The summed E-state index contributed by atoms with van der Waals surface area (Å²) in [6.45, 7) is 2.12. The van der Waals surface area contributed by atoms with Crippen LogP contribution in [-0.2, 0) is 7.05 Å². The van der Waals surface area contributed by atoms with Crippen molar-refractivity contribution in [3.8, 4) is 0 Å². The Bertz CT molecular complexity index is 461. The first-order valence-corrected chi connectivity index (χ1v) is 5.96. The van der Waals surface area contributed by atoms with Crippen LogP contribution in [0.1, 0.15) is 18.7 Å². The molecule has 2 aromatic rings. The van der Waals surface area contributed by atoms with Gasteiger partial charge in [0.15, 0.2) is 0 Å². The van der Waals surface area contributed by atoms with Gasteiger partial charge < -0.3 is 5.32 Å². The summed E-state index contributed by atoms with van der Waals surface area (Å²) in [6.07, 6.45) is 1.81. The van der Waals surface area contributed by atoms with Gasteiger partial charge in [-0.15, -0.1) is 0 Å². The number of hydrogen-bond acceptors (Lipinski definition) is 2. The summed E-state index contributed by atoms with van der Waals surface area (Å²) in [4.78, 5) is 0. The number of anilines is 1. The molecule has 4 heteroatoms. The average molecular weight is 280 g/mol. The third kappa shape index (κ3) is 2.44. The molecule has 3 nitrogen and oxygen atoms in total. The maximum Gasteiger partial charge on any atom is 0.0653 e. The molecule has 1 aromatic carbocycles. The number of halogens is 1. The molecule has 0 fully saturated rings. The predicted molar refractivity (Wildman–Crippen MR) is 69.4 cm³/mol. The number of hydrogen-bond donors (Lipinski definition) is 1. The van der Waals surface area contributed by atoms with Crippen LogP contribution in [-0.4, -0.2) is 9.78 Å². The van der Waals surface area contributed by atoms with Crippen LogP contribution in [0.25, 0.3) is 0 Å². The number of benzene rings is 1. The van der Waals surface area contributed by atoms with Crippen molar-refractivity contribution >= 4 is 21.6 Å². The van der Waals surface area contributed by atoms with Crippen molar-refractivity contribution in [2.75, 3.05) is 5.32 Å². The second-order valence-electron chi connectivity index (χ2n) is 3.75.